The van der Waals surface area contributed by atoms with Gasteiger partial charge in [-0.2, -0.15) is 0 Å². The van der Waals surface area contributed by atoms with Crippen LogP contribution in [0.4, 0.5) is 0 Å². The van der Waals surface area contributed by atoms with Gasteiger partial charge in [0.2, 0.25) is 0 Å². The van der Waals surface area contributed by atoms with Gasteiger partial charge in [-0.05, 0) is 25.2 Å². The Bertz CT molecular complexity index is 326. The molecule has 0 fully saturated rings. The molecular formula is C14H26N2O. The fraction of sp³-hybridized carbons (Fsp3) is 0.786. The first kappa shape index (κ1) is 14.1. The number of nitrogens with zero attached hydrogens (tertiary/aromatic N) is 1. The molecular weight excluding hydrogens is 212 g/mol. The molecule has 0 bridgehead atoms. The van der Waals surface area contributed by atoms with Gasteiger partial charge in [-0.1, -0.05) is 27.2 Å². The van der Waals surface area contributed by atoms with Crippen molar-refractivity contribution >= 4 is 5.78 Å². The average Bonchev–Trinajstić information content (AvgIpc) is 2.23. The molecule has 0 aliphatic heterocycles. The molecule has 0 aromatic rings. The number of hydrogen-bond donors (Lipinski definition) is 1. The predicted molar refractivity (Wildman–Crippen MR) is 71.3 cm³/mol. The summed E-state index contributed by atoms with van der Waals surface area (Å²) in [7, 11) is 2.03. The highest BCUT2D eigenvalue weighted by Gasteiger charge is 2.35. The molecule has 0 saturated carbocycles. The smallest absolute Gasteiger partial charge is 0.188 e. The van der Waals surface area contributed by atoms with Crippen molar-refractivity contribution in [1.29, 1.82) is 0 Å². The van der Waals surface area contributed by atoms with E-state index in [1.807, 2.05) is 14.0 Å². The van der Waals surface area contributed by atoms with Crippen LogP contribution in [0.3, 0.4) is 0 Å². The minimum atomic E-state index is 0.00242. The zero-order valence-electron chi connectivity index (χ0n) is 11.8. The highest BCUT2D eigenvalue weighted by Crippen LogP contribution is 2.30. The van der Waals surface area contributed by atoms with Gasteiger partial charge in [0.1, 0.15) is 0 Å². The Morgan fingerprint density at radius 3 is 2.35 bits per heavy atom. The van der Waals surface area contributed by atoms with Crippen LogP contribution in [0.15, 0.2) is 11.4 Å². The van der Waals surface area contributed by atoms with E-state index >= 15 is 0 Å². The van der Waals surface area contributed by atoms with Crippen molar-refractivity contribution < 1.29 is 4.79 Å². The Kier molecular flexibility index (Phi) is 4.23. The maximum absolute atomic E-state index is 11.3. The van der Waals surface area contributed by atoms with E-state index in [2.05, 4.69) is 25.7 Å². The molecule has 1 aliphatic rings. The van der Waals surface area contributed by atoms with Crippen molar-refractivity contribution in [3.63, 3.8) is 0 Å². The van der Waals surface area contributed by atoms with Crippen LogP contribution in [0.5, 0.6) is 0 Å². The molecule has 2 N–H and O–H groups in total. The summed E-state index contributed by atoms with van der Waals surface area (Å²) in [6, 6.07) is 0. The van der Waals surface area contributed by atoms with E-state index in [-0.39, 0.29) is 11.7 Å². The zero-order valence-corrected chi connectivity index (χ0v) is 11.8. The molecule has 1 atom stereocenters. The molecule has 0 spiro atoms. The molecule has 17 heavy (non-hydrogen) atoms. The van der Waals surface area contributed by atoms with Gasteiger partial charge in [0, 0.05) is 13.6 Å². The van der Waals surface area contributed by atoms with Crippen LogP contribution in [-0.4, -0.2) is 24.3 Å². The van der Waals surface area contributed by atoms with Crippen LogP contribution in [0.1, 0.15) is 47.0 Å². The average molecular weight is 238 g/mol. The third kappa shape index (κ3) is 3.48. The van der Waals surface area contributed by atoms with Gasteiger partial charge in [0.15, 0.2) is 5.78 Å². The largest absolute Gasteiger partial charge is 0.394 e. The summed E-state index contributed by atoms with van der Waals surface area (Å²) in [5.41, 5.74) is 7.63. The van der Waals surface area contributed by atoms with Gasteiger partial charge >= 0.3 is 0 Å². The third-order valence-electron chi connectivity index (χ3n) is 3.43. The Morgan fingerprint density at radius 2 is 1.88 bits per heavy atom. The topological polar surface area (TPSA) is 46.3 Å². The molecule has 1 aliphatic carbocycles. The van der Waals surface area contributed by atoms with E-state index in [4.69, 9.17) is 5.73 Å². The Balaban J connectivity index is 2.32. The Morgan fingerprint density at radius 1 is 1.29 bits per heavy atom. The molecule has 3 heteroatoms. The van der Waals surface area contributed by atoms with Gasteiger partial charge in [0.05, 0.1) is 17.3 Å². The second kappa shape index (κ2) is 5.11. The second-order valence-electron chi connectivity index (χ2n) is 6.32. The first-order valence-electron chi connectivity index (χ1n) is 6.49. The highest BCUT2D eigenvalue weighted by atomic mass is 16.1. The number of Topliss-reactive ketones (excluding diaryl/α,β-unsaturated/α-hetero) is 1. The molecule has 0 aromatic heterocycles. The lowest BCUT2D eigenvalue weighted by molar-refractivity contribution is -0.120. The Hall–Kier alpha value is -0.990. The lowest BCUT2D eigenvalue weighted by Gasteiger charge is -2.34. The number of nitrogens with two attached hydrogens (primary N) is 1. The van der Waals surface area contributed by atoms with Crippen LogP contribution >= 0.6 is 0 Å². The minimum absolute atomic E-state index is 0.00242. The van der Waals surface area contributed by atoms with Crippen molar-refractivity contribution in [3.8, 4) is 0 Å². The molecule has 0 saturated heterocycles. The molecule has 0 amide bonds. The lowest BCUT2D eigenvalue weighted by atomic mass is 9.86. The number of carbonyl (C=O) groups is 1. The normalized spacial score (nSPS) is 20.5. The quantitative estimate of drug-likeness (QED) is 0.749. The van der Waals surface area contributed by atoms with Gasteiger partial charge in [-0.15, -0.1) is 0 Å². The van der Waals surface area contributed by atoms with Crippen LogP contribution in [0.25, 0.3) is 0 Å². The summed E-state index contributed by atoms with van der Waals surface area (Å²) in [5.74, 6) is 0.101. The lowest BCUT2D eigenvalue weighted by Crippen LogP contribution is -2.41. The monoisotopic (exact) mass is 238 g/mol. The number of hydrogen-bond acceptors (Lipinski definition) is 3. The molecule has 0 heterocycles. The summed E-state index contributed by atoms with van der Waals surface area (Å²) >= 11 is 0. The van der Waals surface area contributed by atoms with Gasteiger partial charge in [0.25, 0.3) is 0 Å². The van der Waals surface area contributed by atoms with E-state index in [1.165, 1.54) is 12.8 Å². The van der Waals surface area contributed by atoms with Gasteiger partial charge in [-0.3, -0.25) is 4.79 Å². The van der Waals surface area contributed by atoms with E-state index in [1.54, 1.807) is 0 Å². The summed E-state index contributed by atoms with van der Waals surface area (Å²) in [6.45, 7) is 9.72. The van der Waals surface area contributed by atoms with E-state index in [0.717, 1.165) is 18.7 Å². The van der Waals surface area contributed by atoms with Crippen molar-refractivity contribution in [1.82, 2.24) is 4.90 Å². The first-order valence-corrected chi connectivity index (χ1v) is 6.49. The highest BCUT2D eigenvalue weighted by molar-refractivity contribution is 6.05. The number of rotatable bonds is 5. The molecule has 1 unspecified atom stereocenters. The van der Waals surface area contributed by atoms with Crippen molar-refractivity contribution in [2.45, 2.75) is 47.0 Å². The van der Waals surface area contributed by atoms with Crippen LogP contribution in [-0.2, 0) is 4.79 Å². The van der Waals surface area contributed by atoms with Gasteiger partial charge in [-0.25, -0.2) is 0 Å². The maximum atomic E-state index is 11.3. The van der Waals surface area contributed by atoms with Crippen LogP contribution in [0.2, 0.25) is 0 Å². The summed E-state index contributed by atoms with van der Waals surface area (Å²) in [6.07, 6.45) is 3.62. The standard InChI is InChI=1S/C14H26N2O/c1-10-12(11(15)13(10)17)16(5)9-7-6-8-14(2,3)4/h10H,6-9,15H2,1-5H3. The predicted octanol–water partition coefficient (Wildman–Crippen LogP) is 2.52. The number of ketones is 1. The van der Waals surface area contributed by atoms with E-state index in [0.29, 0.717) is 11.1 Å². The zero-order chi connectivity index (χ0) is 13.2. The van der Waals surface area contributed by atoms with Crippen molar-refractivity contribution in [3.05, 3.63) is 11.4 Å². The molecule has 0 aromatic carbocycles. The summed E-state index contributed by atoms with van der Waals surface area (Å²) in [5, 5.41) is 0. The van der Waals surface area contributed by atoms with E-state index < -0.39 is 0 Å². The van der Waals surface area contributed by atoms with E-state index in [9.17, 15) is 4.79 Å². The summed E-state index contributed by atoms with van der Waals surface area (Å²) in [4.78, 5) is 13.5. The molecule has 1 rings (SSSR count). The third-order valence-corrected chi connectivity index (χ3v) is 3.43. The molecule has 3 nitrogen and oxygen atoms in total. The van der Waals surface area contributed by atoms with Crippen molar-refractivity contribution in [2.75, 3.05) is 13.6 Å². The summed E-state index contributed by atoms with van der Waals surface area (Å²) < 4.78 is 0. The number of carbonyl (C=O) groups excluding carboxylic acids is 1. The fourth-order valence-corrected chi connectivity index (χ4v) is 2.30. The fourth-order valence-electron chi connectivity index (χ4n) is 2.30. The van der Waals surface area contributed by atoms with Gasteiger partial charge < -0.3 is 10.6 Å². The molecule has 98 valence electrons. The maximum Gasteiger partial charge on any atom is 0.188 e. The minimum Gasteiger partial charge on any atom is -0.394 e. The van der Waals surface area contributed by atoms with Crippen molar-refractivity contribution in [2.24, 2.45) is 17.1 Å². The Labute approximate surface area is 105 Å². The number of allylic oxidation sites excluding steroid dienone is 2. The first-order chi connectivity index (χ1) is 7.74. The SMILES string of the molecule is CC1C(=O)C(N)=C1N(C)CCCCC(C)(C)C. The second-order valence-corrected chi connectivity index (χ2v) is 6.32. The number of unbranched alkanes of at least 4 members (excludes halogenated alkanes) is 1. The van der Waals surface area contributed by atoms with Crippen LogP contribution in [0, 0.1) is 11.3 Å². The van der Waals surface area contributed by atoms with Crippen LogP contribution < -0.4 is 5.73 Å². The molecule has 0 radical (unpaired) electrons.